The Labute approximate surface area is 86.9 Å². The van der Waals surface area contributed by atoms with Gasteiger partial charge in [-0.05, 0) is 12.1 Å². The third-order valence-electron chi connectivity index (χ3n) is 1.43. The molecule has 0 fully saturated rings. The van der Waals surface area contributed by atoms with E-state index in [-0.39, 0.29) is 17.6 Å². The lowest BCUT2D eigenvalue weighted by atomic mass is 10.4. The molecule has 0 aliphatic carbocycles. The Hall–Kier alpha value is -1.29. The van der Waals surface area contributed by atoms with E-state index in [0.29, 0.717) is 0 Å². The number of rotatable bonds is 3. The third kappa shape index (κ3) is 4.09. The van der Waals surface area contributed by atoms with Crippen molar-refractivity contribution in [3.63, 3.8) is 0 Å². The first-order valence-electron chi connectivity index (χ1n) is 4.17. The first-order valence-corrected chi connectivity index (χ1v) is 5.15. The highest BCUT2D eigenvalue weighted by Gasteiger charge is 2.03. The molecule has 1 rings (SSSR count). The molecule has 0 heterocycles. The fourth-order valence-electron chi connectivity index (χ4n) is 0.898. The van der Waals surface area contributed by atoms with Crippen molar-refractivity contribution in [3.8, 4) is 0 Å². The summed E-state index contributed by atoms with van der Waals surface area (Å²) in [6.07, 6.45) is 0. The number of thioether (sulfide) groups is 1. The number of carbonyl (C=O) groups is 2. The van der Waals surface area contributed by atoms with E-state index in [4.69, 9.17) is 0 Å². The van der Waals surface area contributed by atoms with Gasteiger partial charge in [-0.2, -0.15) is 0 Å². The monoisotopic (exact) mass is 209 g/mol. The van der Waals surface area contributed by atoms with E-state index in [2.05, 4.69) is 5.32 Å². The molecule has 2 amide bonds. The number of benzene rings is 1. The van der Waals surface area contributed by atoms with E-state index in [1.807, 2.05) is 30.3 Å². The van der Waals surface area contributed by atoms with Gasteiger partial charge in [0.2, 0.25) is 11.8 Å². The summed E-state index contributed by atoms with van der Waals surface area (Å²) < 4.78 is 0. The quantitative estimate of drug-likeness (QED) is 0.766. The van der Waals surface area contributed by atoms with E-state index in [9.17, 15) is 9.59 Å². The lowest BCUT2D eigenvalue weighted by Crippen LogP contribution is -2.29. The van der Waals surface area contributed by atoms with Gasteiger partial charge in [-0.3, -0.25) is 14.9 Å². The number of imide groups is 1. The van der Waals surface area contributed by atoms with Crippen LogP contribution in [0.2, 0.25) is 0 Å². The second kappa shape index (κ2) is 5.44. The van der Waals surface area contributed by atoms with Gasteiger partial charge in [0.25, 0.3) is 0 Å². The van der Waals surface area contributed by atoms with E-state index in [1.165, 1.54) is 18.7 Å². The standard InChI is InChI=1S/C10H11NO2S/c1-8(12)11-10(13)7-14-9-5-3-2-4-6-9/h2-6H,7H2,1H3,(H,11,12,13). The van der Waals surface area contributed by atoms with Crippen LogP contribution in [0.25, 0.3) is 0 Å². The molecule has 0 spiro atoms. The van der Waals surface area contributed by atoms with Crippen LogP contribution in [0, 0.1) is 0 Å². The molecule has 14 heavy (non-hydrogen) atoms. The number of hydrogen-bond acceptors (Lipinski definition) is 3. The summed E-state index contributed by atoms with van der Waals surface area (Å²) in [5.74, 6) is -0.307. The van der Waals surface area contributed by atoms with Crippen LogP contribution >= 0.6 is 11.8 Å². The molecule has 74 valence electrons. The number of carbonyl (C=O) groups excluding carboxylic acids is 2. The highest BCUT2D eigenvalue weighted by atomic mass is 32.2. The molecule has 0 atom stereocenters. The van der Waals surface area contributed by atoms with Crippen LogP contribution in [-0.4, -0.2) is 17.6 Å². The zero-order valence-corrected chi connectivity index (χ0v) is 8.64. The Morgan fingerprint density at radius 1 is 1.29 bits per heavy atom. The van der Waals surface area contributed by atoms with Crippen molar-refractivity contribution in [2.45, 2.75) is 11.8 Å². The van der Waals surface area contributed by atoms with Crippen LogP contribution in [-0.2, 0) is 9.59 Å². The highest BCUT2D eigenvalue weighted by Crippen LogP contribution is 2.15. The SMILES string of the molecule is CC(=O)NC(=O)CSc1ccccc1. The van der Waals surface area contributed by atoms with Gasteiger partial charge in [0, 0.05) is 11.8 Å². The minimum atomic E-state index is -0.316. The van der Waals surface area contributed by atoms with Gasteiger partial charge in [0.15, 0.2) is 0 Å². The van der Waals surface area contributed by atoms with Crippen LogP contribution < -0.4 is 5.32 Å². The second-order valence-electron chi connectivity index (χ2n) is 2.71. The summed E-state index contributed by atoms with van der Waals surface area (Å²) in [4.78, 5) is 22.6. The zero-order valence-electron chi connectivity index (χ0n) is 7.82. The summed E-state index contributed by atoms with van der Waals surface area (Å²) >= 11 is 1.41. The maximum Gasteiger partial charge on any atom is 0.236 e. The average molecular weight is 209 g/mol. The van der Waals surface area contributed by atoms with Crippen LogP contribution in [0.3, 0.4) is 0 Å². The largest absolute Gasteiger partial charge is 0.296 e. The van der Waals surface area contributed by atoms with Crippen molar-refractivity contribution in [2.75, 3.05) is 5.75 Å². The first-order chi connectivity index (χ1) is 6.68. The van der Waals surface area contributed by atoms with Crippen molar-refractivity contribution in [1.29, 1.82) is 0 Å². The second-order valence-corrected chi connectivity index (χ2v) is 3.75. The maximum absolute atomic E-state index is 11.1. The number of hydrogen-bond donors (Lipinski definition) is 1. The van der Waals surface area contributed by atoms with Gasteiger partial charge in [-0.25, -0.2) is 0 Å². The molecule has 0 saturated heterocycles. The third-order valence-corrected chi connectivity index (χ3v) is 2.44. The predicted molar refractivity (Wildman–Crippen MR) is 56.0 cm³/mol. The van der Waals surface area contributed by atoms with Crippen LogP contribution in [0.4, 0.5) is 0 Å². The summed E-state index contributed by atoms with van der Waals surface area (Å²) in [6.45, 7) is 1.32. The van der Waals surface area contributed by atoms with Crippen molar-refractivity contribution in [3.05, 3.63) is 30.3 Å². The van der Waals surface area contributed by atoms with Crippen LogP contribution in [0.1, 0.15) is 6.92 Å². The molecular weight excluding hydrogens is 198 g/mol. The van der Waals surface area contributed by atoms with Gasteiger partial charge in [0.05, 0.1) is 5.75 Å². The Morgan fingerprint density at radius 2 is 1.93 bits per heavy atom. The predicted octanol–water partition coefficient (Wildman–Crippen LogP) is 1.44. The van der Waals surface area contributed by atoms with E-state index >= 15 is 0 Å². The average Bonchev–Trinajstić information content (AvgIpc) is 2.15. The summed E-state index contributed by atoms with van der Waals surface area (Å²) in [7, 11) is 0. The smallest absolute Gasteiger partial charge is 0.236 e. The first kappa shape index (κ1) is 10.8. The van der Waals surface area contributed by atoms with E-state index in [0.717, 1.165) is 4.90 Å². The summed E-state index contributed by atoms with van der Waals surface area (Å²) in [6, 6.07) is 9.58. The molecule has 1 aromatic rings. The summed E-state index contributed by atoms with van der Waals surface area (Å²) in [5, 5.41) is 2.21. The Kier molecular flexibility index (Phi) is 4.19. The lowest BCUT2D eigenvalue weighted by Gasteiger charge is -2.00. The molecular formula is C10H11NO2S. The molecule has 1 N–H and O–H groups in total. The molecule has 0 unspecified atom stereocenters. The van der Waals surface area contributed by atoms with E-state index < -0.39 is 0 Å². The van der Waals surface area contributed by atoms with Gasteiger partial charge in [0.1, 0.15) is 0 Å². The van der Waals surface area contributed by atoms with Gasteiger partial charge < -0.3 is 0 Å². The number of nitrogens with one attached hydrogen (secondary N) is 1. The minimum Gasteiger partial charge on any atom is -0.296 e. The lowest BCUT2D eigenvalue weighted by molar-refractivity contribution is -0.127. The van der Waals surface area contributed by atoms with Gasteiger partial charge >= 0.3 is 0 Å². The van der Waals surface area contributed by atoms with Crippen LogP contribution in [0.15, 0.2) is 35.2 Å². The van der Waals surface area contributed by atoms with Crippen molar-refractivity contribution >= 4 is 23.6 Å². The Balaban J connectivity index is 2.34. The molecule has 0 saturated carbocycles. The van der Waals surface area contributed by atoms with Gasteiger partial charge in [-0.1, -0.05) is 18.2 Å². The highest BCUT2D eigenvalue weighted by molar-refractivity contribution is 8.00. The fourth-order valence-corrected chi connectivity index (χ4v) is 1.62. The van der Waals surface area contributed by atoms with E-state index in [1.54, 1.807) is 0 Å². The Bertz CT molecular complexity index is 324. The minimum absolute atomic E-state index is 0.258. The molecule has 1 aromatic carbocycles. The molecule has 3 nitrogen and oxygen atoms in total. The Morgan fingerprint density at radius 3 is 2.50 bits per heavy atom. The summed E-state index contributed by atoms with van der Waals surface area (Å²) in [5.41, 5.74) is 0. The molecule has 0 aliphatic heterocycles. The fraction of sp³-hybridized carbons (Fsp3) is 0.200. The zero-order chi connectivity index (χ0) is 10.4. The number of amides is 2. The molecule has 0 aliphatic rings. The topological polar surface area (TPSA) is 46.2 Å². The van der Waals surface area contributed by atoms with Crippen molar-refractivity contribution in [1.82, 2.24) is 5.32 Å². The molecule has 0 aromatic heterocycles. The van der Waals surface area contributed by atoms with Crippen molar-refractivity contribution < 1.29 is 9.59 Å². The van der Waals surface area contributed by atoms with Crippen molar-refractivity contribution in [2.24, 2.45) is 0 Å². The van der Waals surface area contributed by atoms with Crippen LogP contribution in [0.5, 0.6) is 0 Å². The maximum atomic E-state index is 11.1. The van der Waals surface area contributed by atoms with Gasteiger partial charge in [-0.15, -0.1) is 11.8 Å². The molecule has 0 radical (unpaired) electrons. The molecule has 4 heteroatoms. The normalized spacial score (nSPS) is 9.50. The molecule has 0 bridgehead atoms.